The molecule has 2 N–H and O–H groups in total. The lowest BCUT2D eigenvalue weighted by Gasteiger charge is -2.06. The summed E-state index contributed by atoms with van der Waals surface area (Å²) in [6.07, 6.45) is 0. The van der Waals surface area contributed by atoms with Crippen LogP contribution in [0, 0.1) is 0 Å². The average Bonchev–Trinajstić information content (AvgIpc) is 2.67. The third kappa shape index (κ3) is 2.08. The van der Waals surface area contributed by atoms with Crippen LogP contribution in [0.15, 0.2) is 24.3 Å². The summed E-state index contributed by atoms with van der Waals surface area (Å²) < 4.78 is 7.61. The molecule has 0 fully saturated rings. The smallest absolute Gasteiger partial charge is 0.135 e. The molecule has 1 heterocycles. The molecule has 0 saturated carbocycles. The van der Waals surface area contributed by atoms with Crippen LogP contribution in [0.25, 0.3) is 11.0 Å². The Morgan fingerprint density at radius 3 is 2.94 bits per heavy atom. The Morgan fingerprint density at radius 2 is 2.19 bits per heavy atom. The van der Waals surface area contributed by atoms with E-state index in [1.807, 2.05) is 18.2 Å². The summed E-state index contributed by atoms with van der Waals surface area (Å²) >= 11 is 0. The topological polar surface area (TPSA) is 53.1 Å². The number of rotatable bonds is 5. The summed E-state index contributed by atoms with van der Waals surface area (Å²) in [6.45, 7) is 4.67. The molecule has 2 aromatic rings. The van der Waals surface area contributed by atoms with Gasteiger partial charge in [-0.3, -0.25) is 0 Å². The monoisotopic (exact) mass is 219 g/mol. The van der Waals surface area contributed by atoms with Crippen molar-refractivity contribution in [3.05, 3.63) is 30.1 Å². The number of aryl methyl sites for hydroxylation is 1. The van der Waals surface area contributed by atoms with E-state index in [1.165, 1.54) is 0 Å². The Bertz CT molecular complexity index is 464. The Kier molecular flexibility index (Phi) is 3.54. The molecule has 4 nitrogen and oxygen atoms in total. The zero-order chi connectivity index (χ0) is 11.4. The average molecular weight is 219 g/mol. The van der Waals surface area contributed by atoms with Crippen LogP contribution in [0.1, 0.15) is 12.7 Å². The number of benzene rings is 1. The molecule has 16 heavy (non-hydrogen) atoms. The molecule has 1 aromatic heterocycles. The first-order chi connectivity index (χ1) is 7.86. The van der Waals surface area contributed by atoms with E-state index in [4.69, 9.17) is 10.5 Å². The molecule has 0 radical (unpaired) electrons. The number of ether oxygens (including phenoxy) is 1. The maximum Gasteiger partial charge on any atom is 0.135 e. The van der Waals surface area contributed by atoms with Crippen molar-refractivity contribution in [2.75, 3.05) is 13.2 Å². The molecule has 0 aliphatic carbocycles. The standard InChI is InChI=1S/C12H17N3O/c1-2-15-11-6-4-3-5-10(11)14-12(15)9-16-8-7-13/h3-6H,2,7-9,13H2,1H3. The maximum atomic E-state index is 5.43. The molecule has 0 amide bonds. The first-order valence-corrected chi connectivity index (χ1v) is 5.58. The molecule has 0 bridgehead atoms. The van der Waals surface area contributed by atoms with Gasteiger partial charge in [0.25, 0.3) is 0 Å². The van der Waals surface area contributed by atoms with Crippen LogP contribution in [0.5, 0.6) is 0 Å². The molecule has 0 unspecified atom stereocenters. The minimum atomic E-state index is 0.528. The van der Waals surface area contributed by atoms with Crippen molar-refractivity contribution in [1.29, 1.82) is 0 Å². The third-order valence-corrected chi connectivity index (χ3v) is 2.54. The highest BCUT2D eigenvalue weighted by molar-refractivity contribution is 5.75. The van der Waals surface area contributed by atoms with Crippen LogP contribution in [-0.2, 0) is 17.9 Å². The predicted octanol–water partition coefficient (Wildman–Crippen LogP) is 1.53. The predicted molar refractivity (Wildman–Crippen MR) is 64.1 cm³/mol. The summed E-state index contributed by atoms with van der Waals surface area (Å²) in [4.78, 5) is 4.55. The Balaban J connectivity index is 2.29. The second kappa shape index (κ2) is 5.09. The number of aromatic nitrogens is 2. The van der Waals surface area contributed by atoms with Gasteiger partial charge in [-0.25, -0.2) is 4.98 Å². The van der Waals surface area contributed by atoms with Gasteiger partial charge in [-0.2, -0.15) is 0 Å². The largest absolute Gasteiger partial charge is 0.372 e. The van der Waals surface area contributed by atoms with E-state index in [2.05, 4.69) is 22.5 Å². The van der Waals surface area contributed by atoms with Gasteiger partial charge in [0, 0.05) is 13.1 Å². The molecular weight excluding hydrogens is 202 g/mol. The van der Waals surface area contributed by atoms with E-state index in [9.17, 15) is 0 Å². The molecule has 86 valence electrons. The first kappa shape index (κ1) is 11.1. The molecule has 0 aliphatic rings. The van der Waals surface area contributed by atoms with Crippen molar-refractivity contribution in [3.8, 4) is 0 Å². The Morgan fingerprint density at radius 1 is 1.38 bits per heavy atom. The van der Waals surface area contributed by atoms with Crippen molar-refractivity contribution in [2.45, 2.75) is 20.1 Å². The number of hydrogen-bond donors (Lipinski definition) is 1. The van der Waals surface area contributed by atoms with Gasteiger partial charge < -0.3 is 15.0 Å². The summed E-state index contributed by atoms with van der Waals surface area (Å²) in [5.41, 5.74) is 7.57. The molecular formula is C12H17N3O. The molecule has 2 rings (SSSR count). The van der Waals surface area contributed by atoms with Crippen LogP contribution >= 0.6 is 0 Å². The highest BCUT2D eigenvalue weighted by atomic mass is 16.5. The zero-order valence-corrected chi connectivity index (χ0v) is 9.52. The lowest BCUT2D eigenvalue weighted by atomic mass is 10.3. The zero-order valence-electron chi connectivity index (χ0n) is 9.52. The second-order valence-electron chi connectivity index (χ2n) is 3.60. The number of nitrogens with two attached hydrogens (primary N) is 1. The third-order valence-electron chi connectivity index (χ3n) is 2.54. The van der Waals surface area contributed by atoms with Gasteiger partial charge in [-0.15, -0.1) is 0 Å². The maximum absolute atomic E-state index is 5.43. The molecule has 4 heteroatoms. The van der Waals surface area contributed by atoms with Gasteiger partial charge >= 0.3 is 0 Å². The van der Waals surface area contributed by atoms with Crippen molar-refractivity contribution in [3.63, 3.8) is 0 Å². The summed E-state index contributed by atoms with van der Waals surface area (Å²) in [6, 6.07) is 8.13. The summed E-state index contributed by atoms with van der Waals surface area (Å²) in [5, 5.41) is 0. The van der Waals surface area contributed by atoms with Gasteiger partial charge in [0.05, 0.1) is 17.6 Å². The molecule has 0 aliphatic heterocycles. The van der Waals surface area contributed by atoms with Gasteiger partial charge in [0.15, 0.2) is 0 Å². The van der Waals surface area contributed by atoms with E-state index in [0.717, 1.165) is 23.4 Å². The van der Waals surface area contributed by atoms with Gasteiger partial charge in [-0.05, 0) is 19.1 Å². The number of hydrogen-bond acceptors (Lipinski definition) is 3. The van der Waals surface area contributed by atoms with Gasteiger partial charge in [0.1, 0.15) is 12.4 Å². The van der Waals surface area contributed by atoms with E-state index in [1.54, 1.807) is 0 Å². The van der Waals surface area contributed by atoms with Crippen molar-refractivity contribution in [1.82, 2.24) is 9.55 Å². The van der Waals surface area contributed by atoms with Crippen LogP contribution in [0.3, 0.4) is 0 Å². The van der Waals surface area contributed by atoms with E-state index in [0.29, 0.717) is 19.8 Å². The van der Waals surface area contributed by atoms with Crippen LogP contribution in [0.2, 0.25) is 0 Å². The van der Waals surface area contributed by atoms with Gasteiger partial charge in [0.2, 0.25) is 0 Å². The van der Waals surface area contributed by atoms with E-state index < -0.39 is 0 Å². The second-order valence-corrected chi connectivity index (χ2v) is 3.60. The molecule has 0 spiro atoms. The molecule has 0 saturated heterocycles. The lowest BCUT2D eigenvalue weighted by Crippen LogP contribution is -2.10. The minimum Gasteiger partial charge on any atom is -0.372 e. The fourth-order valence-electron chi connectivity index (χ4n) is 1.84. The van der Waals surface area contributed by atoms with Crippen molar-refractivity contribution < 1.29 is 4.74 Å². The summed E-state index contributed by atoms with van der Waals surface area (Å²) in [7, 11) is 0. The lowest BCUT2D eigenvalue weighted by molar-refractivity contribution is 0.120. The first-order valence-electron chi connectivity index (χ1n) is 5.58. The fourth-order valence-corrected chi connectivity index (χ4v) is 1.84. The number of para-hydroxylation sites is 2. The minimum absolute atomic E-state index is 0.528. The Hall–Kier alpha value is -1.39. The highest BCUT2D eigenvalue weighted by Gasteiger charge is 2.08. The van der Waals surface area contributed by atoms with E-state index >= 15 is 0 Å². The fraction of sp³-hybridized carbons (Fsp3) is 0.417. The van der Waals surface area contributed by atoms with Crippen molar-refractivity contribution >= 4 is 11.0 Å². The number of imidazole rings is 1. The Labute approximate surface area is 95.0 Å². The van der Waals surface area contributed by atoms with E-state index in [-0.39, 0.29) is 0 Å². The SMILES string of the molecule is CCn1c(COCCN)nc2ccccc21. The van der Waals surface area contributed by atoms with Crippen molar-refractivity contribution in [2.24, 2.45) is 5.73 Å². The highest BCUT2D eigenvalue weighted by Crippen LogP contribution is 2.16. The van der Waals surface area contributed by atoms with Crippen LogP contribution in [0.4, 0.5) is 0 Å². The van der Waals surface area contributed by atoms with Gasteiger partial charge in [-0.1, -0.05) is 12.1 Å². The number of fused-ring (bicyclic) bond motifs is 1. The number of nitrogens with zero attached hydrogens (tertiary/aromatic N) is 2. The van der Waals surface area contributed by atoms with Crippen LogP contribution in [-0.4, -0.2) is 22.7 Å². The summed E-state index contributed by atoms with van der Waals surface area (Å²) in [5.74, 6) is 0.970. The molecule has 0 atom stereocenters. The molecule has 1 aromatic carbocycles. The quantitative estimate of drug-likeness (QED) is 0.776. The van der Waals surface area contributed by atoms with Crippen LogP contribution < -0.4 is 5.73 Å². The normalized spacial score (nSPS) is 11.1.